The third-order valence-corrected chi connectivity index (χ3v) is 3.95. The average Bonchev–Trinajstić information content (AvgIpc) is 2.34. The van der Waals surface area contributed by atoms with E-state index in [0.29, 0.717) is 6.54 Å². The lowest BCUT2D eigenvalue weighted by molar-refractivity contribution is 0.0944. The minimum absolute atomic E-state index is 0.250. The van der Waals surface area contributed by atoms with Gasteiger partial charge >= 0.3 is 0 Å². The van der Waals surface area contributed by atoms with Gasteiger partial charge in [0.1, 0.15) is 0 Å². The Morgan fingerprint density at radius 1 is 1.11 bits per heavy atom. The zero-order valence-electron chi connectivity index (χ0n) is 13.3. The Bertz CT molecular complexity index is 437. The summed E-state index contributed by atoms with van der Waals surface area (Å²) in [5, 5.41) is 0. The van der Waals surface area contributed by atoms with Crippen LogP contribution in [-0.4, -0.2) is 30.8 Å². The first-order valence-electron chi connectivity index (χ1n) is 7.17. The molecule has 2 nitrogen and oxygen atoms in total. The molecule has 0 aliphatic rings. The SMILES string of the molecule is CCCCN(C)CC(=O)c1c(C)c(C)cc(C)c1C. The van der Waals surface area contributed by atoms with Crippen molar-refractivity contribution >= 4 is 5.78 Å². The summed E-state index contributed by atoms with van der Waals surface area (Å²) in [6.45, 7) is 12.0. The fraction of sp³-hybridized carbons (Fsp3) is 0.588. The van der Waals surface area contributed by atoms with Crippen LogP contribution in [0.1, 0.15) is 52.4 Å². The highest BCUT2D eigenvalue weighted by atomic mass is 16.1. The Kier molecular flexibility index (Phi) is 5.74. The first-order chi connectivity index (χ1) is 8.88. The number of Topliss-reactive ketones (excluding diaryl/α,β-unsaturated/α-hetero) is 1. The van der Waals surface area contributed by atoms with E-state index in [9.17, 15) is 4.79 Å². The molecule has 2 heteroatoms. The Balaban J connectivity index is 2.94. The van der Waals surface area contributed by atoms with Crippen molar-refractivity contribution < 1.29 is 4.79 Å². The standard InChI is InChI=1S/C17H27NO/c1-7-8-9-18(6)11-16(19)17-14(4)12(2)10-13(3)15(17)5/h10H,7-9,11H2,1-6H3. The van der Waals surface area contributed by atoms with E-state index < -0.39 is 0 Å². The summed E-state index contributed by atoms with van der Waals surface area (Å²) in [4.78, 5) is 14.7. The van der Waals surface area contributed by atoms with Gasteiger partial charge in [-0.05, 0) is 70.0 Å². The maximum absolute atomic E-state index is 12.5. The number of nitrogens with zero attached hydrogens (tertiary/aromatic N) is 1. The van der Waals surface area contributed by atoms with E-state index in [1.807, 2.05) is 7.05 Å². The van der Waals surface area contributed by atoms with Gasteiger partial charge in [0.2, 0.25) is 0 Å². The summed E-state index contributed by atoms with van der Waals surface area (Å²) in [6, 6.07) is 2.17. The van der Waals surface area contributed by atoms with Gasteiger partial charge in [0.05, 0.1) is 6.54 Å². The number of likely N-dealkylation sites (N-methyl/N-ethyl adjacent to an activating group) is 1. The van der Waals surface area contributed by atoms with Crippen LogP contribution in [-0.2, 0) is 0 Å². The van der Waals surface area contributed by atoms with Crippen LogP contribution in [0.2, 0.25) is 0 Å². The summed E-state index contributed by atoms with van der Waals surface area (Å²) in [5.74, 6) is 0.250. The van der Waals surface area contributed by atoms with Gasteiger partial charge in [-0.2, -0.15) is 0 Å². The molecule has 1 aromatic carbocycles. The maximum atomic E-state index is 12.5. The molecule has 0 radical (unpaired) electrons. The van der Waals surface area contributed by atoms with Crippen LogP contribution >= 0.6 is 0 Å². The number of carbonyl (C=O) groups excluding carboxylic acids is 1. The third-order valence-electron chi connectivity index (χ3n) is 3.95. The van der Waals surface area contributed by atoms with Gasteiger partial charge in [0.25, 0.3) is 0 Å². The van der Waals surface area contributed by atoms with Gasteiger partial charge in [0.15, 0.2) is 5.78 Å². The molecule has 0 saturated heterocycles. The van der Waals surface area contributed by atoms with Crippen LogP contribution in [0.25, 0.3) is 0 Å². The van der Waals surface area contributed by atoms with Crippen molar-refractivity contribution in [3.05, 3.63) is 33.9 Å². The lowest BCUT2D eigenvalue weighted by Gasteiger charge is -2.19. The van der Waals surface area contributed by atoms with Crippen LogP contribution in [0.15, 0.2) is 6.07 Å². The lowest BCUT2D eigenvalue weighted by Crippen LogP contribution is -2.28. The van der Waals surface area contributed by atoms with Gasteiger partial charge in [-0.15, -0.1) is 0 Å². The van der Waals surface area contributed by atoms with Crippen molar-refractivity contribution in [3.63, 3.8) is 0 Å². The van der Waals surface area contributed by atoms with Crippen molar-refractivity contribution in [2.45, 2.75) is 47.5 Å². The van der Waals surface area contributed by atoms with E-state index in [-0.39, 0.29) is 5.78 Å². The highest BCUT2D eigenvalue weighted by molar-refractivity contribution is 6.00. The van der Waals surface area contributed by atoms with Crippen molar-refractivity contribution in [1.82, 2.24) is 4.90 Å². The van der Waals surface area contributed by atoms with Crippen LogP contribution in [0.4, 0.5) is 0 Å². The lowest BCUT2D eigenvalue weighted by atomic mass is 9.91. The van der Waals surface area contributed by atoms with Gasteiger partial charge < -0.3 is 0 Å². The number of unbranched alkanes of at least 4 members (excludes halogenated alkanes) is 1. The summed E-state index contributed by atoms with van der Waals surface area (Å²) in [5.41, 5.74) is 5.63. The van der Waals surface area contributed by atoms with Gasteiger partial charge in [-0.3, -0.25) is 9.69 Å². The molecule has 0 atom stereocenters. The number of rotatable bonds is 6. The maximum Gasteiger partial charge on any atom is 0.177 e. The Hall–Kier alpha value is -1.15. The zero-order chi connectivity index (χ0) is 14.6. The zero-order valence-corrected chi connectivity index (χ0v) is 13.3. The minimum atomic E-state index is 0.250. The highest BCUT2D eigenvalue weighted by Crippen LogP contribution is 2.22. The molecule has 0 N–H and O–H groups in total. The van der Waals surface area contributed by atoms with E-state index in [2.05, 4.69) is 45.6 Å². The second-order valence-electron chi connectivity index (χ2n) is 5.65. The third kappa shape index (κ3) is 3.90. The molecule has 19 heavy (non-hydrogen) atoms. The van der Waals surface area contributed by atoms with E-state index in [1.165, 1.54) is 17.5 Å². The summed E-state index contributed by atoms with van der Waals surface area (Å²) in [7, 11) is 2.03. The number of benzene rings is 1. The molecular formula is C17H27NO. The smallest absolute Gasteiger partial charge is 0.177 e. The number of carbonyl (C=O) groups is 1. The van der Waals surface area contributed by atoms with E-state index in [0.717, 1.165) is 29.7 Å². The Morgan fingerprint density at radius 2 is 1.63 bits per heavy atom. The number of aryl methyl sites for hydroxylation is 2. The van der Waals surface area contributed by atoms with Crippen molar-refractivity contribution in [2.24, 2.45) is 0 Å². The number of hydrogen-bond acceptors (Lipinski definition) is 2. The molecule has 0 saturated carbocycles. The second-order valence-corrected chi connectivity index (χ2v) is 5.65. The molecule has 0 amide bonds. The predicted molar refractivity (Wildman–Crippen MR) is 82.1 cm³/mol. The van der Waals surface area contributed by atoms with Crippen LogP contribution in [0.3, 0.4) is 0 Å². The fourth-order valence-corrected chi connectivity index (χ4v) is 2.47. The largest absolute Gasteiger partial charge is 0.299 e. The van der Waals surface area contributed by atoms with Crippen molar-refractivity contribution in [1.29, 1.82) is 0 Å². The molecule has 0 aliphatic heterocycles. The molecule has 0 unspecified atom stereocenters. The minimum Gasteiger partial charge on any atom is -0.299 e. The molecule has 0 fully saturated rings. The second kappa shape index (κ2) is 6.85. The molecule has 106 valence electrons. The van der Waals surface area contributed by atoms with E-state index in [4.69, 9.17) is 0 Å². The van der Waals surface area contributed by atoms with E-state index in [1.54, 1.807) is 0 Å². The van der Waals surface area contributed by atoms with E-state index >= 15 is 0 Å². The van der Waals surface area contributed by atoms with Crippen LogP contribution < -0.4 is 0 Å². The first kappa shape index (κ1) is 15.9. The molecule has 1 rings (SSSR count). The summed E-state index contributed by atoms with van der Waals surface area (Å²) < 4.78 is 0. The molecule has 0 aromatic heterocycles. The van der Waals surface area contributed by atoms with Gasteiger partial charge in [-0.1, -0.05) is 19.4 Å². The topological polar surface area (TPSA) is 20.3 Å². The monoisotopic (exact) mass is 261 g/mol. The first-order valence-corrected chi connectivity index (χ1v) is 7.17. The normalized spacial score (nSPS) is 11.1. The van der Waals surface area contributed by atoms with Gasteiger partial charge in [-0.25, -0.2) is 0 Å². The number of ketones is 1. The fourth-order valence-electron chi connectivity index (χ4n) is 2.47. The molecule has 0 aliphatic carbocycles. The quantitative estimate of drug-likeness (QED) is 0.725. The number of hydrogen-bond donors (Lipinski definition) is 0. The average molecular weight is 261 g/mol. The Labute approximate surface area is 117 Å². The summed E-state index contributed by atoms with van der Waals surface area (Å²) in [6.07, 6.45) is 2.31. The van der Waals surface area contributed by atoms with Crippen LogP contribution in [0.5, 0.6) is 0 Å². The molecule has 0 spiro atoms. The molecule has 0 bridgehead atoms. The Morgan fingerprint density at radius 3 is 2.11 bits per heavy atom. The molecular weight excluding hydrogens is 234 g/mol. The molecule has 1 aromatic rings. The predicted octanol–water partition coefficient (Wildman–Crippen LogP) is 3.83. The summed E-state index contributed by atoms with van der Waals surface area (Å²) >= 11 is 0. The van der Waals surface area contributed by atoms with Crippen molar-refractivity contribution in [2.75, 3.05) is 20.1 Å². The molecule has 0 heterocycles. The highest BCUT2D eigenvalue weighted by Gasteiger charge is 2.16. The van der Waals surface area contributed by atoms with Crippen molar-refractivity contribution in [3.8, 4) is 0 Å². The van der Waals surface area contributed by atoms with Crippen LogP contribution in [0, 0.1) is 27.7 Å². The van der Waals surface area contributed by atoms with Gasteiger partial charge in [0, 0.05) is 5.56 Å².